The van der Waals surface area contributed by atoms with E-state index in [-0.39, 0.29) is 28.6 Å². The summed E-state index contributed by atoms with van der Waals surface area (Å²) in [6.07, 6.45) is 1.47. The number of piperidine rings is 1. The van der Waals surface area contributed by atoms with Crippen LogP contribution in [0.15, 0.2) is 46.7 Å². The Morgan fingerprint density at radius 1 is 1.19 bits per heavy atom. The van der Waals surface area contributed by atoms with Crippen LogP contribution in [0.5, 0.6) is 0 Å². The molecule has 1 aliphatic heterocycles. The van der Waals surface area contributed by atoms with E-state index in [0.29, 0.717) is 17.8 Å². The summed E-state index contributed by atoms with van der Waals surface area (Å²) in [5.74, 6) is -1.08. The number of nitrogens with zero attached hydrogens (tertiary/aromatic N) is 1. The Kier molecular flexibility index (Phi) is 7.31. The Balaban J connectivity index is 1.83. The van der Waals surface area contributed by atoms with Crippen molar-refractivity contribution in [1.29, 1.82) is 0 Å². The van der Waals surface area contributed by atoms with Crippen molar-refractivity contribution in [2.75, 3.05) is 19.6 Å². The number of hydrogen-bond donors (Lipinski definition) is 2. The SMILES string of the molecule is CC(C)(C)c1ccc(S(=O)(=O)NN(CC(=O)c2cccs2)C(=O)C2CCCNC2)cc1. The normalized spacial score (nSPS) is 17.3. The smallest absolute Gasteiger partial charge is 0.257 e. The van der Waals surface area contributed by atoms with Crippen LogP contribution >= 0.6 is 11.3 Å². The molecule has 168 valence electrons. The maximum absolute atomic E-state index is 13.1. The predicted molar refractivity (Wildman–Crippen MR) is 121 cm³/mol. The molecule has 0 saturated carbocycles. The number of benzene rings is 1. The van der Waals surface area contributed by atoms with Gasteiger partial charge in [-0.1, -0.05) is 39.0 Å². The van der Waals surface area contributed by atoms with Crippen LogP contribution in [0.2, 0.25) is 0 Å². The van der Waals surface area contributed by atoms with Gasteiger partial charge < -0.3 is 5.32 Å². The number of nitrogens with one attached hydrogen (secondary N) is 2. The van der Waals surface area contributed by atoms with Crippen molar-refractivity contribution in [3.63, 3.8) is 0 Å². The van der Waals surface area contributed by atoms with Gasteiger partial charge in [0.25, 0.3) is 10.0 Å². The summed E-state index contributed by atoms with van der Waals surface area (Å²) in [7, 11) is -4.03. The number of hydrazine groups is 1. The minimum atomic E-state index is -4.03. The van der Waals surface area contributed by atoms with Crippen LogP contribution in [-0.2, 0) is 20.2 Å². The molecule has 1 aromatic heterocycles. The van der Waals surface area contributed by atoms with Gasteiger partial charge in [0.1, 0.15) is 6.54 Å². The van der Waals surface area contributed by atoms with E-state index in [9.17, 15) is 18.0 Å². The topological polar surface area (TPSA) is 95.6 Å². The molecule has 0 radical (unpaired) electrons. The zero-order valence-corrected chi connectivity index (χ0v) is 19.7. The van der Waals surface area contributed by atoms with Gasteiger partial charge in [0.15, 0.2) is 5.78 Å². The molecule has 1 saturated heterocycles. The van der Waals surface area contributed by atoms with Crippen LogP contribution in [0.3, 0.4) is 0 Å². The maximum atomic E-state index is 13.1. The number of thiophene rings is 1. The third kappa shape index (κ3) is 6.00. The van der Waals surface area contributed by atoms with Crippen molar-refractivity contribution >= 4 is 33.1 Å². The van der Waals surface area contributed by atoms with E-state index in [0.717, 1.165) is 23.5 Å². The number of Topliss-reactive ketones (excluding diaryl/α,β-unsaturated/α-hetero) is 1. The van der Waals surface area contributed by atoms with Crippen molar-refractivity contribution in [1.82, 2.24) is 15.2 Å². The summed E-state index contributed by atoms with van der Waals surface area (Å²) in [6, 6.07) is 9.99. The number of sulfonamides is 1. The monoisotopic (exact) mass is 463 g/mol. The number of carbonyl (C=O) groups is 2. The fourth-order valence-corrected chi connectivity index (χ4v) is 5.13. The van der Waals surface area contributed by atoms with Crippen molar-refractivity contribution in [3.05, 3.63) is 52.2 Å². The summed E-state index contributed by atoms with van der Waals surface area (Å²) >= 11 is 1.26. The average Bonchev–Trinajstić information content (AvgIpc) is 3.28. The largest absolute Gasteiger partial charge is 0.316 e. The van der Waals surface area contributed by atoms with Gasteiger partial charge in [-0.3, -0.25) is 14.6 Å². The average molecular weight is 464 g/mol. The van der Waals surface area contributed by atoms with Gasteiger partial charge in [-0.15, -0.1) is 16.2 Å². The highest BCUT2D eigenvalue weighted by atomic mass is 32.2. The minimum absolute atomic E-state index is 0.0450. The molecule has 1 amide bonds. The van der Waals surface area contributed by atoms with Crippen molar-refractivity contribution < 1.29 is 18.0 Å². The molecule has 2 heterocycles. The predicted octanol–water partition coefficient (Wildman–Crippen LogP) is 2.95. The van der Waals surface area contributed by atoms with Gasteiger partial charge in [0, 0.05) is 6.54 Å². The van der Waals surface area contributed by atoms with E-state index in [1.807, 2.05) is 20.8 Å². The Morgan fingerprint density at radius 2 is 1.90 bits per heavy atom. The molecule has 1 unspecified atom stereocenters. The molecule has 0 bridgehead atoms. The van der Waals surface area contributed by atoms with Crippen molar-refractivity contribution in [3.8, 4) is 0 Å². The minimum Gasteiger partial charge on any atom is -0.316 e. The van der Waals surface area contributed by atoms with Crippen molar-refractivity contribution in [2.24, 2.45) is 5.92 Å². The molecule has 1 aliphatic rings. The highest BCUT2D eigenvalue weighted by Crippen LogP contribution is 2.24. The number of carbonyl (C=O) groups excluding carboxylic acids is 2. The molecular weight excluding hydrogens is 434 g/mol. The van der Waals surface area contributed by atoms with Gasteiger partial charge in [-0.25, -0.2) is 8.42 Å². The standard InChI is InChI=1S/C22H29N3O4S2/c1-22(2,3)17-8-10-18(11-9-17)31(28,29)24-25(15-19(26)20-7-5-13-30-20)21(27)16-6-4-12-23-14-16/h5,7-11,13,16,23-24H,4,6,12,14-15H2,1-3H3. The fourth-order valence-electron chi connectivity index (χ4n) is 3.43. The zero-order chi connectivity index (χ0) is 22.6. The quantitative estimate of drug-likeness (QED) is 0.486. The highest BCUT2D eigenvalue weighted by Gasteiger charge is 2.31. The summed E-state index contributed by atoms with van der Waals surface area (Å²) in [4.78, 5) is 28.6. The van der Waals surface area contributed by atoms with Gasteiger partial charge in [0.05, 0.1) is 15.7 Å². The third-order valence-corrected chi connectivity index (χ3v) is 7.54. The molecule has 2 N–H and O–H groups in total. The van der Waals surface area contributed by atoms with Gasteiger partial charge in [0.2, 0.25) is 5.91 Å². The lowest BCUT2D eigenvalue weighted by Crippen LogP contribution is -2.52. The van der Waals surface area contributed by atoms with E-state index in [4.69, 9.17) is 0 Å². The first-order chi connectivity index (χ1) is 14.6. The molecule has 9 heteroatoms. The zero-order valence-electron chi connectivity index (χ0n) is 18.1. The molecule has 2 aromatic rings. The number of rotatable bonds is 7. The number of ketones is 1. The van der Waals surface area contributed by atoms with Crippen LogP contribution in [0.25, 0.3) is 0 Å². The molecular formula is C22H29N3O4S2. The van der Waals surface area contributed by atoms with E-state index >= 15 is 0 Å². The maximum Gasteiger partial charge on any atom is 0.257 e. The molecule has 0 aliphatic carbocycles. The van der Waals surface area contributed by atoms with E-state index in [1.54, 1.807) is 29.6 Å². The van der Waals surface area contributed by atoms with Gasteiger partial charge >= 0.3 is 0 Å². The Labute approximate surface area is 187 Å². The van der Waals surface area contributed by atoms with E-state index < -0.39 is 15.9 Å². The molecule has 0 spiro atoms. The van der Waals surface area contributed by atoms with Gasteiger partial charge in [-0.05, 0) is 53.9 Å². The van der Waals surface area contributed by atoms with Crippen molar-refractivity contribution in [2.45, 2.75) is 43.9 Å². The summed E-state index contributed by atoms with van der Waals surface area (Å²) in [5.41, 5.74) is 0.888. The second kappa shape index (κ2) is 9.60. The lowest BCUT2D eigenvalue weighted by atomic mass is 9.87. The fraction of sp³-hybridized carbons (Fsp3) is 0.455. The first-order valence-corrected chi connectivity index (χ1v) is 12.7. The van der Waals surface area contributed by atoms with Crippen LogP contribution < -0.4 is 10.1 Å². The Morgan fingerprint density at radius 3 is 2.45 bits per heavy atom. The number of amides is 1. The summed E-state index contributed by atoms with van der Waals surface area (Å²) < 4.78 is 26.1. The molecule has 1 atom stereocenters. The molecule has 3 rings (SSSR count). The summed E-state index contributed by atoms with van der Waals surface area (Å²) in [6.45, 7) is 7.07. The lowest BCUT2D eigenvalue weighted by molar-refractivity contribution is -0.137. The lowest BCUT2D eigenvalue weighted by Gasteiger charge is -2.29. The molecule has 1 fully saturated rings. The first kappa shape index (κ1) is 23.6. The van der Waals surface area contributed by atoms with Crippen LogP contribution in [0, 0.1) is 5.92 Å². The Bertz CT molecular complexity index is 1000. The number of hydrogen-bond acceptors (Lipinski definition) is 6. The van der Waals surface area contributed by atoms with E-state index in [2.05, 4.69) is 10.1 Å². The van der Waals surface area contributed by atoms with Crippen LogP contribution in [0.4, 0.5) is 0 Å². The molecule has 1 aromatic carbocycles. The third-order valence-electron chi connectivity index (χ3n) is 5.27. The van der Waals surface area contributed by atoms with Crippen LogP contribution in [0.1, 0.15) is 48.8 Å². The second-order valence-corrected chi connectivity index (χ2v) is 11.3. The van der Waals surface area contributed by atoms with Gasteiger partial charge in [-0.2, -0.15) is 0 Å². The molecule has 31 heavy (non-hydrogen) atoms. The second-order valence-electron chi connectivity index (χ2n) is 8.74. The van der Waals surface area contributed by atoms with E-state index in [1.165, 1.54) is 23.5 Å². The highest BCUT2D eigenvalue weighted by molar-refractivity contribution is 7.89. The first-order valence-electron chi connectivity index (χ1n) is 10.3. The Hall–Kier alpha value is -2.07. The van der Waals surface area contributed by atoms with Crippen LogP contribution in [-0.4, -0.2) is 44.8 Å². The molecule has 7 nitrogen and oxygen atoms in total. The summed E-state index contributed by atoms with van der Waals surface area (Å²) in [5, 5.41) is 5.89.